The van der Waals surface area contributed by atoms with Crippen LogP contribution in [0.4, 0.5) is 5.69 Å². The van der Waals surface area contributed by atoms with Crippen LogP contribution in [0.3, 0.4) is 0 Å². The van der Waals surface area contributed by atoms with Crippen LogP contribution < -0.4 is 15.4 Å². The van der Waals surface area contributed by atoms with E-state index in [1.54, 1.807) is 13.2 Å². The second kappa shape index (κ2) is 10.4. The van der Waals surface area contributed by atoms with Gasteiger partial charge in [-0.25, -0.2) is 0 Å². The first-order valence-corrected chi connectivity index (χ1v) is 13.7. The number of likely N-dealkylation sites (tertiary alicyclic amines) is 1. The number of ether oxygens (including phenoxy) is 1. The van der Waals surface area contributed by atoms with Crippen LogP contribution in [0.1, 0.15) is 87.4 Å². The van der Waals surface area contributed by atoms with Crippen molar-refractivity contribution in [2.24, 2.45) is 11.8 Å². The molecule has 2 N–H and O–H groups in total. The van der Waals surface area contributed by atoms with Crippen molar-refractivity contribution in [3.05, 3.63) is 22.7 Å². The highest BCUT2D eigenvalue weighted by atomic mass is 35.5. The minimum atomic E-state index is -0.0753. The molecule has 4 fully saturated rings. The number of amides is 1. The molecule has 6 heteroatoms. The van der Waals surface area contributed by atoms with Gasteiger partial charge in [-0.1, -0.05) is 43.7 Å². The third-order valence-corrected chi connectivity index (χ3v) is 9.05. The van der Waals surface area contributed by atoms with Crippen molar-refractivity contribution < 1.29 is 9.53 Å². The van der Waals surface area contributed by atoms with E-state index in [1.165, 1.54) is 70.6 Å². The maximum Gasteiger partial charge on any atom is 0.255 e. The zero-order chi connectivity index (χ0) is 22.8. The number of hydrogen-bond donors (Lipinski definition) is 2. The second-order valence-corrected chi connectivity index (χ2v) is 11.2. The van der Waals surface area contributed by atoms with Crippen molar-refractivity contribution in [3.8, 4) is 5.75 Å². The third-order valence-electron chi connectivity index (χ3n) is 8.74. The number of benzene rings is 1. The fraction of sp³-hybridized carbons (Fsp3) is 0.741. The van der Waals surface area contributed by atoms with Crippen LogP contribution in [0.2, 0.25) is 5.02 Å². The molecule has 0 aromatic heterocycles. The molecular formula is C27H40ClN3O2. The van der Waals surface area contributed by atoms with Crippen molar-refractivity contribution in [1.82, 2.24) is 10.2 Å². The van der Waals surface area contributed by atoms with E-state index < -0.39 is 0 Å². The summed E-state index contributed by atoms with van der Waals surface area (Å²) in [5.74, 6) is 2.26. The van der Waals surface area contributed by atoms with Gasteiger partial charge in [0.2, 0.25) is 0 Å². The van der Waals surface area contributed by atoms with E-state index in [2.05, 4.69) is 15.5 Å². The molecule has 1 heterocycles. The molecule has 1 aliphatic heterocycles. The van der Waals surface area contributed by atoms with Crippen LogP contribution in [-0.2, 0) is 0 Å². The molecule has 3 saturated carbocycles. The molecule has 1 atom stereocenters. The fourth-order valence-electron chi connectivity index (χ4n) is 7.15. The van der Waals surface area contributed by atoms with Gasteiger partial charge in [0.15, 0.2) is 0 Å². The van der Waals surface area contributed by atoms with Gasteiger partial charge in [0.1, 0.15) is 5.75 Å². The molecule has 3 aliphatic carbocycles. The molecule has 182 valence electrons. The van der Waals surface area contributed by atoms with Gasteiger partial charge in [0.05, 0.1) is 23.4 Å². The van der Waals surface area contributed by atoms with Crippen LogP contribution in [0.15, 0.2) is 12.1 Å². The van der Waals surface area contributed by atoms with Gasteiger partial charge in [-0.15, -0.1) is 0 Å². The Balaban J connectivity index is 1.22. The second-order valence-electron chi connectivity index (χ2n) is 10.8. The number of methoxy groups -OCH3 is 1. The highest BCUT2D eigenvalue weighted by Crippen LogP contribution is 2.43. The van der Waals surface area contributed by atoms with Gasteiger partial charge in [-0.05, 0) is 62.8 Å². The highest BCUT2D eigenvalue weighted by molar-refractivity contribution is 6.33. The van der Waals surface area contributed by atoms with Gasteiger partial charge in [-0.2, -0.15) is 0 Å². The summed E-state index contributed by atoms with van der Waals surface area (Å²) in [6.07, 6.45) is 15.6. The van der Waals surface area contributed by atoms with Crippen molar-refractivity contribution >= 4 is 23.2 Å². The van der Waals surface area contributed by atoms with Crippen molar-refractivity contribution in [1.29, 1.82) is 0 Å². The SMILES string of the molecule is COc1cc(NC2CCCCC2)c(Cl)cc1C(=O)N[C@H]1CCN(C2C3CCCC2CCC3)C1. The Morgan fingerprint density at radius 2 is 1.64 bits per heavy atom. The van der Waals surface area contributed by atoms with E-state index in [-0.39, 0.29) is 11.9 Å². The Bertz CT molecular complexity index is 819. The summed E-state index contributed by atoms with van der Waals surface area (Å²) in [7, 11) is 1.63. The number of hydrogen-bond acceptors (Lipinski definition) is 4. The van der Waals surface area contributed by atoms with Crippen LogP contribution in [0.25, 0.3) is 0 Å². The molecule has 2 bridgehead atoms. The summed E-state index contributed by atoms with van der Waals surface area (Å²) in [5.41, 5.74) is 1.40. The lowest BCUT2D eigenvalue weighted by Gasteiger charge is -2.47. The molecule has 1 saturated heterocycles. The fourth-order valence-corrected chi connectivity index (χ4v) is 7.37. The molecule has 5 rings (SSSR count). The molecule has 33 heavy (non-hydrogen) atoms. The van der Waals surface area contributed by atoms with E-state index in [9.17, 15) is 4.79 Å². The van der Waals surface area contributed by atoms with E-state index in [1.807, 2.05) is 6.07 Å². The van der Waals surface area contributed by atoms with E-state index >= 15 is 0 Å². The lowest BCUT2D eigenvalue weighted by atomic mass is 9.68. The Labute approximate surface area is 204 Å². The van der Waals surface area contributed by atoms with Gasteiger partial charge in [0, 0.05) is 37.3 Å². The first-order valence-electron chi connectivity index (χ1n) is 13.3. The minimum absolute atomic E-state index is 0.0753. The number of halogens is 1. The zero-order valence-corrected chi connectivity index (χ0v) is 20.8. The highest BCUT2D eigenvalue weighted by Gasteiger charge is 2.42. The molecule has 1 amide bonds. The van der Waals surface area contributed by atoms with Gasteiger partial charge in [0.25, 0.3) is 5.91 Å². The van der Waals surface area contributed by atoms with Crippen molar-refractivity contribution in [3.63, 3.8) is 0 Å². The molecule has 1 aromatic rings. The zero-order valence-electron chi connectivity index (χ0n) is 20.1. The van der Waals surface area contributed by atoms with Gasteiger partial charge >= 0.3 is 0 Å². The average Bonchev–Trinajstić information content (AvgIpc) is 3.28. The predicted molar refractivity (Wildman–Crippen MR) is 134 cm³/mol. The summed E-state index contributed by atoms with van der Waals surface area (Å²) in [4.78, 5) is 15.9. The maximum absolute atomic E-state index is 13.2. The van der Waals surface area contributed by atoms with Crippen molar-refractivity contribution in [2.45, 2.75) is 95.2 Å². The third kappa shape index (κ3) is 5.14. The number of nitrogens with one attached hydrogen (secondary N) is 2. The standard InChI is InChI=1S/C27H40ClN3O2/c1-33-25-16-24(29-20-11-3-2-4-12-20)23(28)15-22(25)27(32)30-21-13-14-31(17-21)26-18-7-5-8-19(26)10-6-9-18/h15-16,18-21,26,29H,2-14,17H2,1H3,(H,30,32)/t18?,19?,21-,26?/m0/s1. The Hall–Kier alpha value is -1.46. The Morgan fingerprint density at radius 3 is 2.30 bits per heavy atom. The average molecular weight is 474 g/mol. The summed E-state index contributed by atoms with van der Waals surface area (Å²) in [6, 6.07) is 5.06. The number of anilines is 1. The predicted octanol–water partition coefficient (Wildman–Crippen LogP) is 5.87. The lowest BCUT2D eigenvalue weighted by Crippen LogP contribution is -2.50. The number of nitrogens with zero attached hydrogens (tertiary/aromatic N) is 1. The largest absolute Gasteiger partial charge is 0.496 e. The molecule has 4 aliphatic rings. The molecule has 0 spiro atoms. The summed E-state index contributed by atoms with van der Waals surface area (Å²) in [6.45, 7) is 2.07. The number of carbonyl (C=O) groups is 1. The van der Waals surface area contributed by atoms with Crippen molar-refractivity contribution in [2.75, 3.05) is 25.5 Å². The van der Waals surface area contributed by atoms with Crippen LogP contribution in [-0.4, -0.2) is 49.1 Å². The normalized spacial score (nSPS) is 30.7. The lowest BCUT2D eigenvalue weighted by molar-refractivity contribution is 0.0346. The topological polar surface area (TPSA) is 53.6 Å². The summed E-state index contributed by atoms with van der Waals surface area (Å²) >= 11 is 6.61. The van der Waals surface area contributed by atoms with E-state index in [4.69, 9.17) is 16.3 Å². The number of carbonyl (C=O) groups excluding carboxylic acids is 1. The monoisotopic (exact) mass is 473 g/mol. The first kappa shape index (κ1) is 23.3. The van der Waals surface area contributed by atoms with E-state index in [0.717, 1.165) is 43.1 Å². The molecule has 1 aromatic carbocycles. The van der Waals surface area contributed by atoms with Gasteiger partial charge < -0.3 is 15.4 Å². The van der Waals surface area contributed by atoms with E-state index in [0.29, 0.717) is 22.4 Å². The van der Waals surface area contributed by atoms with Crippen LogP contribution in [0, 0.1) is 11.8 Å². The molecule has 5 nitrogen and oxygen atoms in total. The summed E-state index contributed by atoms with van der Waals surface area (Å²) in [5, 5.41) is 7.46. The first-order chi connectivity index (χ1) is 16.1. The smallest absolute Gasteiger partial charge is 0.255 e. The Morgan fingerprint density at radius 1 is 0.939 bits per heavy atom. The Kier molecular flexibility index (Phi) is 7.36. The maximum atomic E-state index is 13.2. The molecule has 0 unspecified atom stereocenters. The summed E-state index contributed by atoms with van der Waals surface area (Å²) < 4.78 is 5.61. The van der Waals surface area contributed by atoms with Crippen LogP contribution in [0.5, 0.6) is 5.75 Å². The van der Waals surface area contributed by atoms with Gasteiger partial charge in [-0.3, -0.25) is 9.69 Å². The molecule has 0 radical (unpaired) electrons. The number of rotatable bonds is 6. The molecular weight excluding hydrogens is 434 g/mol. The minimum Gasteiger partial charge on any atom is -0.496 e. The van der Waals surface area contributed by atoms with Crippen LogP contribution >= 0.6 is 11.6 Å². The number of fused-ring (bicyclic) bond motifs is 2. The quantitative estimate of drug-likeness (QED) is 0.542.